The third kappa shape index (κ3) is 3.37. The molecule has 0 heterocycles. The van der Waals surface area contributed by atoms with Crippen LogP contribution in [0.15, 0.2) is 10.5 Å². The van der Waals surface area contributed by atoms with Crippen LogP contribution in [0.2, 0.25) is 0 Å². The number of aliphatic hydroxyl groups is 1. The first-order valence-electron chi connectivity index (χ1n) is 2.87. The number of aliphatic hydroxyl groups excluding tert-OH is 1. The van der Waals surface area contributed by atoms with Crippen molar-refractivity contribution in [3.63, 3.8) is 0 Å². The molecule has 4 heteroatoms. The van der Waals surface area contributed by atoms with Gasteiger partial charge in [0.25, 0.3) is 0 Å². The van der Waals surface area contributed by atoms with Crippen LogP contribution in [-0.4, -0.2) is 24.7 Å². The van der Waals surface area contributed by atoms with E-state index >= 15 is 0 Å². The summed E-state index contributed by atoms with van der Waals surface area (Å²) in [5, 5.41) is 8.83. The molecule has 2 unspecified atom stereocenters. The SMILES string of the molecule is [B]/C(Br)=C/C(C)(F)C(C)O. The van der Waals surface area contributed by atoms with Crippen LogP contribution in [0.4, 0.5) is 4.39 Å². The summed E-state index contributed by atoms with van der Waals surface area (Å²) >= 11 is 2.87. The van der Waals surface area contributed by atoms with Gasteiger partial charge in [0, 0.05) is 0 Å². The monoisotopic (exact) mass is 206 g/mol. The quantitative estimate of drug-likeness (QED) is 0.680. The molecule has 0 bridgehead atoms. The highest BCUT2D eigenvalue weighted by Crippen LogP contribution is 2.20. The molecule has 0 amide bonds. The topological polar surface area (TPSA) is 20.2 Å². The van der Waals surface area contributed by atoms with Crippen LogP contribution in [0.1, 0.15) is 13.8 Å². The average molecular weight is 207 g/mol. The molecule has 0 aliphatic heterocycles. The summed E-state index contributed by atoms with van der Waals surface area (Å²) in [6.45, 7) is 2.62. The maximum absolute atomic E-state index is 13.0. The molecule has 0 spiro atoms. The second-order valence-electron chi connectivity index (χ2n) is 2.36. The van der Waals surface area contributed by atoms with E-state index in [0.717, 1.165) is 6.08 Å². The highest BCUT2D eigenvalue weighted by molar-refractivity contribution is 9.12. The van der Waals surface area contributed by atoms with Crippen molar-refractivity contribution in [3.8, 4) is 0 Å². The van der Waals surface area contributed by atoms with E-state index in [9.17, 15) is 4.39 Å². The van der Waals surface area contributed by atoms with Gasteiger partial charge in [0.05, 0.1) is 6.10 Å². The van der Waals surface area contributed by atoms with E-state index in [1.165, 1.54) is 13.8 Å². The fourth-order valence-electron chi connectivity index (χ4n) is 0.390. The van der Waals surface area contributed by atoms with Gasteiger partial charge in [0.15, 0.2) is 5.67 Å². The van der Waals surface area contributed by atoms with Gasteiger partial charge in [0.1, 0.15) is 7.85 Å². The summed E-state index contributed by atoms with van der Waals surface area (Å²) in [5.74, 6) is 0. The lowest BCUT2D eigenvalue weighted by atomic mass is 9.98. The normalized spacial score (nSPS) is 21.9. The van der Waals surface area contributed by atoms with Gasteiger partial charge in [-0.25, -0.2) is 4.39 Å². The van der Waals surface area contributed by atoms with E-state index in [-0.39, 0.29) is 4.38 Å². The lowest BCUT2D eigenvalue weighted by Crippen LogP contribution is -2.29. The number of hydrogen-bond acceptors (Lipinski definition) is 1. The molecular formula is C6H9BBrFO. The molecule has 2 radical (unpaired) electrons. The van der Waals surface area contributed by atoms with E-state index in [0.29, 0.717) is 0 Å². The number of hydrogen-bond donors (Lipinski definition) is 1. The lowest BCUT2D eigenvalue weighted by molar-refractivity contribution is 0.0520. The molecule has 0 aromatic carbocycles. The smallest absolute Gasteiger partial charge is 0.152 e. The van der Waals surface area contributed by atoms with Gasteiger partial charge < -0.3 is 5.11 Å². The second-order valence-corrected chi connectivity index (χ2v) is 3.27. The Bertz CT molecular complexity index is 141. The summed E-state index contributed by atoms with van der Waals surface area (Å²) in [5.41, 5.74) is -1.76. The van der Waals surface area contributed by atoms with Crippen molar-refractivity contribution in [2.45, 2.75) is 25.6 Å². The Morgan fingerprint density at radius 2 is 2.30 bits per heavy atom. The Kier molecular flexibility index (Phi) is 3.59. The minimum Gasteiger partial charge on any atom is -0.390 e. The van der Waals surface area contributed by atoms with Gasteiger partial charge in [-0.15, -0.1) is 0 Å². The van der Waals surface area contributed by atoms with Crippen LogP contribution in [0.3, 0.4) is 0 Å². The van der Waals surface area contributed by atoms with Gasteiger partial charge in [-0.05, 0) is 19.9 Å². The zero-order valence-corrected chi connectivity index (χ0v) is 7.52. The van der Waals surface area contributed by atoms with Crippen LogP contribution in [0, 0.1) is 0 Å². The number of rotatable bonds is 2. The molecule has 2 atom stereocenters. The summed E-state index contributed by atoms with van der Waals surface area (Å²) in [7, 11) is 5.14. The molecule has 0 rings (SSSR count). The van der Waals surface area contributed by atoms with Crippen LogP contribution in [0.25, 0.3) is 0 Å². The number of alkyl halides is 1. The van der Waals surface area contributed by atoms with Crippen molar-refractivity contribution >= 4 is 23.8 Å². The standard InChI is InChI=1S/C6H9BBrFO/c1-4(10)6(2,9)3-5(7)8/h3-4,10H,1-2H3/b5-3-. The fraction of sp³-hybridized carbons (Fsp3) is 0.667. The third-order valence-electron chi connectivity index (χ3n) is 1.24. The lowest BCUT2D eigenvalue weighted by Gasteiger charge is -2.19. The van der Waals surface area contributed by atoms with Crippen LogP contribution >= 0.6 is 15.9 Å². The van der Waals surface area contributed by atoms with Crippen LogP contribution in [-0.2, 0) is 0 Å². The van der Waals surface area contributed by atoms with Crippen molar-refractivity contribution in [1.29, 1.82) is 0 Å². The molecule has 0 aliphatic carbocycles. The second kappa shape index (κ2) is 3.53. The molecular weight excluding hydrogens is 198 g/mol. The Hall–Kier alpha value is 0.175. The summed E-state index contributed by atoms with van der Waals surface area (Å²) < 4.78 is 13.2. The highest BCUT2D eigenvalue weighted by Gasteiger charge is 2.25. The van der Waals surface area contributed by atoms with Gasteiger partial charge in [0.2, 0.25) is 0 Å². The Labute approximate surface area is 69.9 Å². The average Bonchev–Trinajstić information content (AvgIpc) is 1.60. The third-order valence-corrected chi connectivity index (χ3v) is 1.47. The molecule has 56 valence electrons. The molecule has 1 nitrogen and oxygen atoms in total. The molecule has 1 N–H and O–H groups in total. The maximum atomic E-state index is 13.0. The minimum absolute atomic E-state index is 0.193. The molecule has 0 aromatic rings. The van der Waals surface area contributed by atoms with Crippen molar-refractivity contribution < 1.29 is 9.50 Å². The highest BCUT2D eigenvalue weighted by atomic mass is 79.9. The van der Waals surface area contributed by atoms with Crippen molar-refractivity contribution in [2.75, 3.05) is 0 Å². The van der Waals surface area contributed by atoms with Gasteiger partial charge >= 0.3 is 0 Å². The van der Waals surface area contributed by atoms with Gasteiger partial charge in [-0.2, -0.15) is 0 Å². The van der Waals surface area contributed by atoms with E-state index < -0.39 is 11.8 Å². The molecule has 0 aromatic heterocycles. The van der Waals surface area contributed by atoms with E-state index in [1.807, 2.05) is 0 Å². The van der Waals surface area contributed by atoms with Crippen molar-refractivity contribution in [3.05, 3.63) is 10.5 Å². The molecule has 0 fully saturated rings. The fourth-order valence-corrected chi connectivity index (χ4v) is 0.838. The first-order valence-corrected chi connectivity index (χ1v) is 3.66. The Balaban J connectivity index is 4.27. The molecule has 10 heavy (non-hydrogen) atoms. The largest absolute Gasteiger partial charge is 0.390 e. The predicted molar refractivity (Wildman–Crippen MR) is 44.0 cm³/mol. The maximum Gasteiger partial charge on any atom is 0.152 e. The Morgan fingerprint density at radius 1 is 1.90 bits per heavy atom. The van der Waals surface area contributed by atoms with Crippen molar-refractivity contribution in [2.24, 2.45) is 0 Å². The Morgan fingerprint density at radius 3 is 2.40 bits per heavy atom. The van der Waals surface area contributed by atoms with Crippen molar-refractivity contribution in [1.82, 2.24) is 0 Å². The van der Waals surface area contributed by atoms with Crippen LogP contribution in [0.5, 0.6) is 0 Å². The predicted octanol–water partition coefficient (Wildman–Crippen LogP) is 1.50. The van der Waals surface area contributed by atoms with E-state index in [4.69, 9.17) is 13.0 Å². The molecule has 0 saturated heterocycles. The first-order chi connectivity index (χ1) is 4.36. The zero-order chi connectivity index (χ0) is 8.36. The van der Waals surface area contributed by atoms with Gasteiger partial charge in [-0.1, -0.05) is 20.3 Å². The van der Waals surface area contributed by atoms with Gasteiger partial charge in [-0.3, -0.25) is 0 Å². The van der Waals surface area contributed by atoms with E-state index in [1.54, 1.807) is 0 Å². The van der Waals surface area contributed by atoms with Crippen LogP contribution < -0.4 is 0 Å². The summed E-state index contributed by atoms with van der Waals surface area (Å²) in [6, 6.07) is 0. The number of halogens is 2. The molecule has 0 saturated carbocycles. The summed E-state index contributed by atoms with van der Waals surface area (Å²) in [4.78, 5) is 0. The van der Waals surface area contributed by atoms with E-state index in [2.05, 4.69) is 15.9 Å². The zero-order valence-electron chi connectivity index (χ0n) is 5.94. The first kappa shape index (κ1) is 10.2. The summed E-state index contributed by atoms with van der Waals surface area (Å²) in [6.07, 6.45) is 0.0705. The molecule has 0 aliphatic rings. The minimum atomic E-state index is -1.76.